The molecule has 0 saturated heterocycles. The number of carbonyl (C=O) groups is 1. The van der Waals surface area contributed by atoms with Crippen LogP contribution in [0.15, 0.2) is 12.1 Å². The molecule has 0 bridgehead atoms. The van der Waals surface area contributed by atoms with Crippen molar-refractivity contribution < 1.29 is 24.3 Å². The fourth-order valence-electron chi connectivity index (χ4n) is 2.02. The molecule has 5 nitrogen and oxygen atoms in total. The maximum absolute atomic E-state index is 11.8. The summed E-state index contributed by atoms with van der Waals surface area (Å²) in [4.78, 5) is 11.8. The third-order valence-corrected chi connectivity index (χ3v) is 2.77. The van der Waals surface area contributed by atoms with Crippen LogP contribution in [0.5, 0.6) is 11.5 Å². The van der Waals surface area contributed by atoms with Crippen LogP contribution >= 0.6 is 0 Å². The van der Waals surface area contributed by atoms with E-state index >= 15 is 0 Å². The highest BCUT2D eigenvalue weighted by Gasteiger charge is 2.37. The van der Waals surface area contributed by atoms with Crippen molar-refractivity contribution in [3.8, 4) is 11.5 Å². The van der Waals surface area contributed by atoms with Gasteiger partial charge in [0.25, 0.3) is 6.23 Å². The van der Waals surface area contributed by atoms with Crippen LogP contribution in [-0.4, -0.2) is 26.7 Å². The van der Waals surface area contributed by atoms with Crippen LogP contribution in [0.1, 0.15) is 29.1 Å². The molecule has 2 rings (SSSR count). The SMILES string of the molecule is CC[NH2+][C@H]1OC(=O)c2c1ccc(OC)c2OC. The van der Waals surface area contributed by atoms with Gasteiger partial charge in [-0.25, -0.2) is 4.79 Å². The summed E-state index contributed by atoms with van der Waals surface area (Å²) in [7, 11) is 3.06. The first-order valence-electron chi connectivity index (χ1n) is 5.52. The van der Waals surface area contributed by atoms with Gasteiger partial charge >= 0.3 is 5.97 Å². The Balaban J connectivity index is 2.51. The highest BCUT2D eigenvalue weighted by Crippen LogP contribution is 2.39. The van der Waals surface area contributed by atoms with Gasteiger partial charge in [-0.3, -0.25) is 0 Å². The summed E-state index contributed by atoms with van der Waals surface area (Å²) in [6, 6.07) is 3.63. The Morgan fingerprint density at radius 3 is 2.71 bits per heavy atom. The Kier molecular flexibility index (Phi) is 3.19. The van der Waals surface area contributed by atoms with E-state index in [9.17, 15) is 4.79 Å². The predicted octanol–water partition coefficient (Wildman–Crippen LogP) is 0.456. The monoisotopic (exact) mass is 238 g/mol. The van der Waals surface area contributed by atoms with Crippen LogP contribution in [0.2, 0.25) is 0 Å². The van der Waals surface area contributed by atoms with Gasteiger partial charge in [-0.05, 0) is 19.1 Å². The number of carbonyl (C=O) groups excluding carboxylic acids is 1. The molecule has 1 aliphatic heterocycles. The van der Waals surface area contributed by atoms with Gasteiger partial charge in [-0.1, -0.05) is 0 Å². The van der Waals surface area contributed by atoms with E-state index in [0.29, 0.717) is 17.1 Å². The summed E-state index contributed by atoms with van der Waals surface area (Å²) in [5.41, 5.74) is 1.32. The van der Waals surface area contributed by atoms with Crippen molar-refractivity contribution in [1.82, 2.24) is 0 Å². The smallest absolute Gasteiger partial charge is 0.347 e. The van der Waals surface area contributed by atoms with Gasteiger partial charge < -0.3 is 19.5 Å². The molecule has 2 N–H and O–H groups in total. The van der Waals surface area contributed by atoms with Crippen LogP contribution in [0.4, 0.5) is 0 Å². The third kappa shape index (κ3) is 1.82. The lowest BCUT2D eigenvalue weighted by Gasteiger charge is -2.10. The second-order valence-electron chi connectivity index (χ2n) is 3.74. The summed E-state index contributed by atoms with van der Waals surface area (Å²) in [6.07, 6.45) is -0.276. The molecule has 0 amide bonds. The van der Waals surface area contributed by atoms with E-state index in [1.807, 2.05) is 18.3 Å². The first-order chi connectivity index (χ1) is 8.22. The number of benzene rings is 1. The molecule has 5 heteroatoms. The van der Waals surface area contributed by atoms with Crippen LogP contribution < -0.4 is 14.8 Å². The van der Waals surface area contributed by atoms with Gasteiger partial charge in [0, 0.05) is 0 Å². The van der Waals surface area contributed by atoms with Crippen molar-refractivity contribution in [2.24, 2.45) is 0 Å². The van der Waals surface area contributed by atoms with Crippen LogP contribution in [0, 0.1) is 0 Å². The Bertz CT molecular complexity index is 444. The molecule has 0 saturated carbocycles. The highest BCUT2D eigenvalue weighted by atomic mass is 16.6. The maximum atomic E-state index is 11.8. The minimum absolute atomic E-state index is 0.276. The lowest BCUT2D eigenvalue weighted by Crippen LogP contribution is -2.84. The normalized spacial score (nSPS) is 17.6. The van der Waals surface area contributed by atoms with E-state index in [2.05, 4.69) is 0 Å². The van der Waals surface area contributed by atoms with Gasteiger partial charge in [-0.2, -0.15) is 0 Å². The van der Waals surface area contributed by atoms with Crippen LogP contribution in [0.3, 0.4) is 0 Å². The lowest BCUT2D eigenvalue weighted by atomic mass is 10.1. The molecular weight excluding hydrogens is 222 g/mol. The number of fused-ring (bicyclic) bond motifs is 1. The number of cyclic esters (lactones) is 1. The van der Waals surface area contributed by atoms with Crippen molar-refractivity contribution in [2.45, 2.75) is 13.2 Å². The van der Waals surface area contributed by atoms with Crippen LogP contribution in [-0.2, 0) is 4.74 Å². The zero-order valence-corrected chi connectivity index (χ0v) is 10.1. The van der Waals surface area contributed by atoms with Crippen molar-refractivity contribution in [2.75, 3.05) is 20.8 Å². The molecule has 0 spiro atoms. The number of hydrogen-bond acceptors (Lipinski definition) is 4. The van der Waals surface area contributed by atoms with E-state index < -0.39 is 0 Å². The van der Waals surface area contributed by atoms with Crippen molar-refractivity contribution in [1.29, 1.82) is 0 Å². The molecule has 1 aromatic rings. The zero-order valence-electron chi connectivity index (χ0n) is 10.1. The van der Waals surface area contributed by atoms with E-state index in [4.69, 9.17) is 14.2 Å². The van der Waals surface area contributed by atoms with E-state index in [0.717, 1.165) is 12.1 Å². The number of rotatable bonds is 4. The Morgan fingerprint density at radius 1 is 1.35 bits per heavy atom. The third-order valence-electron chi connectivity index (χ3n) is 2.77. The molecular formula is C12H16NO4+. The molecule has 17 heavy (non-hydrogen) atoms. The number of ether oxygens (including phenoxy) is 3. The molecule has 1 aromatic carbocycles. The summed E-state index contributed by atoms with van der Waals surface area (Å²) in [5, 5.41) is 1.95. The quantitative estimate of drug-likeness (QED) is 0.774. The fourth-order valence-corrected chi connectivity index (χ4v) is 2.02. The predicted molar refractivity (Wildman–Crippen MR) is 60.2 cm³/mol. The second kappa shape index (κ2) is 4.63. The Morgan fingerprint density at radius 2 is 2.12 bits per heavy atom. The molecule has 1 heterocycles. The number of hydrogen-bond donors (Lipinski definition) is 1. The first kappa shape index (κ1) is 11.7. The largest absolute Gasteiger partial charge is 0.493 e. The van der Waals surface area contributed by atoms with Gasteiger partial charge in [0.2, 0.25) is 0 Å². The molecule has 1 aliphatic rings. The molecule has 0 fully saturated rings. The summed E-state index contributed by atoms with van der Waals surface area (Å²) in [6.45, 7) is 2.85. The summed E-state index contributed by atoms with van der Waals surface area (Å²) < 4.78 is 15.7. The second-order valence-corrected chi connectivity index (χ2v) is 3.74. The van der Waals surface area contributed by atoms with Gasteiger partial charge in [0.05, 0.1) is 26.3 Å². The molecule has 0 aliphatic carbocycles. The molecule has 0 aromatic heterocycles. The standard InChI is InChI=1S/C12H15NO4/c1-4-13-11-7-5-6-8(15-2)10(16-3)9(7)12(14)17-11/h5-6,11,13H,4H2,1-3H3/p+1/t11-/m0/s1. The fraction of sp³-hybridized carbons (Fsp3) is 0.417. The molecule has 1 atom stereocenters. The van der Waals surface area contributed by atoms with Crippen molar-refractivity contribution in [3.05, 3.63) is 23.3 Å². The minimum atomic E-state index is -0.356. The number of esters is 1. The average Bonchev–Trinajstić information content (AvgIpc) is 2.66. The minimum Gasteiger partial charge on any atom is -0.493 e. The molecule has 0 unspecified atom stereocenters. The van der Waals surface area contributed by atoms with E-state index in [-0.39, 0.29) is 12.2 Å². The van der Waals surface area contributed by atoms with Crippen molar-refractivity contribution >= 4 is 5.97 Å². The van der Waals surface area contributed by atoms with Gasteiger partial charge in [-0.15, -0.1) is 0 Å². The zero-order chi connectivity index (χ0) is 12.4. The van der Waals surface area contributed by atoms with Gasteiger partial charge in [0.15, 0.2) is 11.5 Å². The maximum Gasteiger partial charge on any atom is 0.347 e. The van der Waals surface area contributed by atoms with Gasteiger partial charge in [0.1, 0.15) is 5.56 Å². The number of nitrogens with two attached hydrogens (primary N) is 1. The average molecular weight is 238 g/mol. The first-order valence-corrected chi connectivity index (χ1v) is 5.52. The van der Waals surface area contributed by atoms with E-state index in [1.165, 1.54) is 7.11 Å². The molecule has 92 valence electrons. The Hall–Kier alpha value is -1.75. The Labute approximate surface area is 99.7 Å². The summed E-state index contributed by atoms with van der Waals surface area (Å²) >= 11 is 0. The summed E-state index contributed by atoms with van der Waals surface area (Å²) in [5.74, 6) is 0.632. The molecule has 0 radical (unpaired) electrons. The lowest BCUT2D eigenvalue weighted by molar-refractivity contribution is -0.725. The van der Waals surface area contributed by atoms with Crippen molar-refractivity contribution in [3.63, 3.8) is 0 Å². The topological polar surface area (TPSA) is 61.4 Å². The number of quaternary nitrogens is 1. The highest BCUT2D eigenvalue weighted by molar-refractivity contribution is 5.97. The number of methoxy groups -OCH3 is 2. The van der Waals surface area contributed by atoms with Crippen LogP contribution in [0.25, 0.3) is 0 Å². The van der Waals surface area contributed by atoms with E-state index in [1.54, 1.807) is 13.2 Å².